The molecule has 3 atom stereocenters. The smallest absolute Gasteiger partial charge is 0.0681 e. The van der Waals surface area contributed by atoms with Gasteiger partial charge in [0.15, 0.2) is 0 Å². The van der Waals surface area contributed by atoms with Gasteiger partial charge in [0.2, 0.25) is 0 Å². The number of β-amino-alcohol motifs (C(OH)–C–C–N with tert-alkyl or cyclic N) is 1. The Morgan fingerprint density at radius 2 is 2.00 bits per heavy atom. The number of hydrogen-bond donors (Lipinski definition) is 2. The van der Waals surface area contributed by atoms with Crippen LogP contribution in [0.25, 0.3) is 0 Å². The van der Waals surface area contributed by atoms with E-state index in [9.17, 15) is 10.2 Å². The molecular formula is C14H27NO3. The number of aliphatic hydroxyl groups excluding tert-OH is 2. The standard InChI is InChI=1S/C14H27NO3/c1-3-11(16)10-15-7-5-14(6-8-15)12(17)9-13(14)18-4-2/h11-13,16-17H,3-10H2,1-2H3/t11-,12+,13-/m1/s1. The molecule has 2 rings (SSSR count). The van der Waals surface area contributed by atoms with E-state index in [0.717, 1.165) is 51.9 Å². The van der Waals surface area contributed by atoms with E-state index in [1.807, 2.05) is 13.8 Å². The molecule has 18 heavy (non-hydrogen) atoms. The van der Waals surface area contributed by atoms with E-state index in [4.69, 9.17) is 4.74 Å². The molecule has 0 aromatic carbocycles. The van der Waals surface area contributed by atoms with Gasteiger partial charge >= 0.3 is 0 Å². The molecule has 2 fully saturated rings. The van der Waals surface area contributed by atoms with Crippen LogP contribution >= 0.6 is 0 Å². The molecule has 1 aliphatic carbocycles. The van der Waals surface area contributed by atoms with Gasteiger partial charge in [0.05, 0.1) is 18.3 Å². The lowest BCUT2D eigenvalue weighted by Gasteiger charge is -2.56. The number of rotatable bonds is 5. The SMILES string of the molecule is CCO[C@@H]1C[C@H](O)C12CCN(C[C@H](O)CC)CC2. The molecule has 1 spiro atoms. The maximum Gasteiger partial charge on any atom is 0.0681 e. The van der Waals surface area contributed by atoms with Crippen molar-refractivity contribution in [3.05, 3.63) is 0 Å². The normalized spacial score (nSPS) is 33.3. The maximum atomic E-state index is 10.1. The van der Waals surface area contributed by atoms with Crippen molar-refractivity contribution >= 4 is 0 Å². The van der Waals surface area contributed by atoms with Crippen LogP contribution in [0, 0.1) is 5.41 Å². The molecule has 1 aliphatic heterocycles. The molecule has 1 saturated carbocycles. The molecule has 2 N–H and O–H groups in total. The molecular weight excluding hydrogens is 230 g/mol. The lowest BCUT2D eigenvalue weighted by atomic mass is 9.58. The topological polar surface area (TPSA) is 52.9 Å². The zero-order chi connectivity index (χ0) is 13.2. The highest BCUT2D eigenvalue weighted by atomic mass is 16.5. The first kappa shape index (κ1) is 14.3. The Labute approximate surface area is 110 Å². The summed E-state index contributed by atoms with van der Waals surface area (Å²) in [5.74, 6) is 0. The van der Waals surface area contributed by atoms with E-state index >= 15 is 0 Å². The highest BCUT2D eigenvalue weighted by Crippen LogP contribution is 2.50. The first-order valence-corrected chi connectivity index (χ1v) is 7.32. The van der Waals surface area contributed by atoms with Gasteiger partial charge in [0.1, 0.15) is 0 Å². The van der Waals surface area contributed by atoms with Gasteiger partial charge in [-0.05, 0) is 39.3 Å². The van der Waals surface area contributed by atoms with Crippen LogP contribution in [0.5, 0.6) is 0 Å². The van der Waals surface area contributed by atoms with Gasteiger partial charge in [-0.2, -0.15) is 0 Å². The molecule has 4 nitrogen and oxygen atoms in total. The van der Waals surface area contributed by atoms with Crippen LogP contribution in [0.1, 0.15) is 39.5 Å². The van der Waals surface area contributed by atoms with Crippen molar-refractivity contribution in [2.24, 2.45) is 5.41 Å². The van der Waals surface area contributed by atoms with E-state index in [-0.39, 0.29) is 23.7 Å². The van der Waals surface area contributed by atoms with E-state index in [2.05, 4.69) is 4.90 Å². The monoisotopic (exact) mass is 257 g/mol. The Bertz CT molecular complexity index is 262. The Morgan fingerprint density at radius 3 is 2.50 bits per heavy atom. The second kappa shape index (κ2) is 5.87. The Morgan fingerprint density at radius 1 is 1.33 bits per heavy atom. The van der Waals surface area contributed by atoms with Crippen LogP contribution in [0.3, 0.4) is 0 Å². The van der Waals surface area contributed by atoms with Crippen LogP contribution in [0.4, 0.5) is 0 Å². The first-order chi connectivity index (χ1) is 8.62. The van der Waals surface area contributed by atoms with Crippen molar-refractivity contribution in [1.29, 1.82) is 0 Å². The summed E-state index contributed by atoms with van der Waals surface area (Å²) in [6.45, 7) is 7.47. The molecule has 0 amide bonds. The summed E-state index contributed by atoms with van der Waals surface area (Å²) < 4.78 is 5.75. The fourth-order valence-electron chi connectivity index (χ4n) is 3.40. The van der Waals surface area contributed by atoms with Crippen LogP contribution in [0.2, 0.25) is 0 Å². The molecule has 0 unspecified atom stereocenters. The van der Waals surface area contributed by atoms with Crippen molar-refractivity contribution in [3.63, 3.8) is 0 Å². The fraction of sp³-hybridized carbons (Fsp3) is 1.00. The van der Waals surface area contributed by atoms with Gasteiger partial charge in [-0.1, -0.05) is 6.92 Å². The minimum absolute atomic E-state index is 0.00365. The number of piperidine rings is 1. The van der Waals surface area contributed by atoms with E-state index in [1.54, 1.807) is 0 Å². The average molecular weight is 257 g/mol. The zero-order valence-electron chi connectivity index (χ0n) is 11.6. The zero-order valence-corrected chi connectivity index (χ0v) is 11.6. The van der Waals surface area contributed by atoms with Gasteiger partial charge in [-0.15, -0.1) is 0 Å². The molecule has 0 aromatic rings. The Hall–Kier alpha value is -0.160. The Kier molecular flexibility index (Phi) is 4.64. The first-order valence-electron chi connectivity index (χ1n) is 7.32. The molecule has 1 heterocycles. The highest BCUT2D eigenvalue weighted by molar-refractivity contribution is 5.06. The molecule has 1 saturated heterocycles. The maximum absolute atomic E-state index is 10.1. The number of aliphatic hydroxyl groups is 2. The molecule has 106 valence electrons. The van der Waals surface area contributed by atoms with E-state index in [1.165, 1.54) is 0 Å². The second-order valence-corrected chi connectivity index (χ2v) is 5.79. The van der Waals surface area contributed by atoms with Crippen molar-refractivity contribution in [1.82, 2.24) is 4.90 Å². The van der Waals surface area contributed by atoms with Crippen LogP contribution < -0.4 is 0 Å². The lowest BCUT2D eigenvalue weighted by molar-refractivity contribution is -0.210. The molecule has 4 heteroatoms. The third-order valence-corrected chi connectivity index (χ3v) is 4.84. The predicted molar refractivity (Wildman–Crippen MR) is 70.4 cm³/mol. The second-order valence-electron chi connectivity index (χ2n) is 5.79. The number of likely N-dealkylation sites (tertiary alicyclic amines) is 1. The van der Waals surface area contributed by atoms with Gasteiger partial charge in [0, 0.05) is 25.0 Å². The summed E-state index contributed by atoms with van der Waals surface area (Å²) in [5, 5.41) is 19.8. The van der Waals surface area contributed by atoms with Crippen molar-refractivity contribution < 1.29 is 14.9 Å². The van der Waals surface area contributed by atoms with Crippen molar-refractivity contribution in [2.45, 2.75) is 57.8 Å². The minimum atomic E-state index is -0.215. The van der Waals surface area contributed by atoms with Crippen LogP contribution in [-0.4, -0.2) is 59.7 Å². The molecule has 0 aromatic heterocycles. The largest absolute Gasteiger partial charge is 0.392 e. The van der Waals surface area contributed by atoms with Crippen molar-refractivity contribution in [2.75, 3.05) is 26.2 Å². The quantitative estimate of drug-likeness (QED) is 0.772. The Balaban J connectivity index is 1.85. The predicted octanol–water partition coefficient (Wildman–Crippen LogP) is 1.01. The summed E-state index contributed by atoms with van der Waals surface area (Å²) in [7, 11) is 0. The van der Waals surface area contributed by atoms with Crippen molar-refractivity contribution in [3.8, 4) is 0 Å². The third kappa shape index (κ3) is 2.57. The number of nitrogens with zero attached hydrogens (tertiary/aromatic N) is 1. The fourth-order valence-corrected chi connectivity index (χ4v) is 3.40. The number of hydrogen-bond acceptors (Lipinski definition) is 4. The van der Waals surface area contributed by atoms with Crippen LogP contribution in [-0.2, 0) is 4.74 Å². The molecule has 2 aliphatic rings. The average Bonchev–Trinajstić information content (AvgIpc) is 2.39. The lowest BCUT2D eigenvalue weighted by Crippen LogP contribution is -2.62. The summed E-state index contributed by atoms with van der Waals surface area (Å²) in [6.07, 6.45) is 3.44. The van der Waals surface area contributed by atoms with E-state index in [0.29, 0.717) is 0 Å². The third-order valence-electron chi connectivity index (χ3n) is 4.84. The van der Waals surface area contributed by atoms with Gasteiger partial charge < -0.3 is 19.8 Å². The highest BCUT2D eigenvalue weighted by Gasteiger charge is 2.55. The van der Waals surface area contributed by atoms with Gasteiger partial charge in [0.25, 0.3) is 0 Å². The number of ether oxygens (including phenoxy) is 1. The summed E-state index contributed by atoms with van der Waals surface area (Å²) >= 11 is 0. The molecule has 0 bridgehead atoms. The minimum Gasteiger partial charge on any atom is -0.392 e. The van der Waals surface area contributed by atoms with Gasteiger partial charge in [-0.3, -0.25) is 0 Å². The molecule has 0 radical (unpaired) electrons. The van der Waals surface area contributed by atoms with Crippen LogP contribution in [0.15, 0.2) is 0 Å². The summed E-state index contributed by atoms with van der Waals surface area (Å²) in [4.78, 5) is 2.31. The van der Waals surface area contributed by atoms with Gasteiger partial charge in [-0.25, -0.2) is 0 Å². The van der Waals surface area contributed by atoms with E-state index < -0.39 is 0 Å². The summed E-state index contributed by atoms with van der Waals surface area (Å²) in [5.41, 5.74) is 0.00365. The summed E-state index contributed by atoms with van der Waals surface area (Å²) in [6, 6.07) is 0.